The number of fused-ring (bicyclic) bond motifs is 1. The third-order valence-corrected chi connectivity index (χ3v) is 3.57. The Morgan fingerprint density at radius 3 is 2.65 bits per heavy atom. The summed E-state index contributed by atoms with van der Waals surface area (Å²) in [7, 11) is 1.15. The summed E-state index contributed by atoms with van der Waals surface area (Å²) in [6.45, 7) is 1.72. The van der Waals surface area contributed by atoms with E-state index in [0.717, 1.165) is 18.6 Å². The fourth-order valence-corrected chi connectivity index (χ4v) is 2.40. The van der Waals surface area contributed by atoms with Crippen molar-refractivity contribution in [1.82, 2.24) is 4.98 Å². The number of carbonyl (C=O) groups is 1. The van der Waals surface area contributed by atoms with Gasteiger partial charge in [-0.2, -0.15) is 0 Å². The van der Waals surface area contributed by atoms with Crippen molar-refractivity contribution in [2.24, 2.45) is 0 Å². The largest absolute Gasteiger partial charge is 0.465 e. The van der Waals surface area contributed by atoms with Gasteiger partial charge in [-0.25, -0.2) is 13.6 Å². The van der Waals surface area contributed by atoms with Crippen LogP contribution in [-0.4, -0.2) is 18.1 Å². The molecule has 23 heavy (non-hydrogen) atoms. The van der Waals surface area contributed by atoms with Gasteiger partial charge in [0.15, 0.2) is 11.6 Å². The molecule has 0 unspecified atom stereocenters. The maximum Gasteiger partial charge on any atom is 0.340 e. The van der Waals surface area contributed by atoms with E-state index in [4.69, 9.17) is 4.74 Å². The fraction of sp³-hybridized carbons (Fsp3) is 0.118. The van der Waals surface area contributed by atoms with Gasteiger partial charge >= 0.3 is 5.97 Å². The van der Waals surface area contributed by atoms with E-state index >= 15 is 0 Å². The van der Waals surface area contributed by atoms with Crippen LogP contribution < -0.4 is 4.74 Å². The minimum absolute atomic E-state index is 0.0273. The van der Waals surface area contributed by atoms with Gasteiger partial charge in [0.2, 0.25) is 0 Å². The maximum absolute atomic E-state index is 14.2. The molecule has 0 amide bonds. The highest BCUT2D eigenvalue weighted by molar-refractivity contribution is 5.90. The Labute approximate surface area is 130 Å². The number of H-pyrrole nitrogens is 1. The number of aromatic amines is 1. The minimum Gasteiger partial charge on any atom is -0.465 e. The summed E-state index contributed by atoms with van der Waals surface area (Å²) >= 11 is 0. The summed E-state index contributed by atoms with van der Waals surface area (Å²) in [5.74, 6) is -1.95. The van der Waals surface area contributed by atoms with Crippen LogP contribution in [0.2, 0.25) is 0 Å². The second kappa shape index (κ2) is 5.72. The number of methoxy groups -OCH3 is 1. The van der Waals surface area contributed by atoms with Gasteiger partial charge in [-0.05, 0) is 31.2 Å². The summed E-state index contributed by atoms with van der Waals surface area (Å²) in [5.41, 5.74) is 0.984. The molecule has 0 aliphatic carbocycles. The summed E-state index contributed by atoms with van der Waals surface area (Å²) < 4.78 is 37.9. The molecule has 0 spiro atoms. The first kappa shape index (κ1) is 15.0. The van der Waals surface area contributed by atoms with Gasteiger partial charge in [-0.1, -0.05) is 0 Å². The molecule has 1 N–H and O–H groups in total. The van der Waals surface area contributed by atoms with Gasteiger partial charge < -0.3 is 14.5 Å². The Bertz CT molecular complexity index is 902. The number of esters is 1. The van der Waals surface area contributed by atoms with Crippen molar-refractivity contribution in [1.29, 1.82) is 0 Å². The van der Waals surface area contributed by atoms with E-state index in [9.17, 15) is 13.6 Å². The Morgan fingerprint density at radius 2 is 1.91 bits per heavy atom. The Morgan fingerprint density at radius 1 is 1.13 bits per heavy atom. The number of aryl methyl sites for hydroxylation is 1. The average molecular weight is 317 g/mol. The van der Waals surface area contributed by atoms with Gasteiger partial charge in [0.05, 0.1) is 12.7 Å². The molecule has 4 nitrogen and oxygen atoms in total. The summed E-state index contributed by atoms with van der Waals surface area (Å²) in [4.78, 5) is 14.4. The lowest BCUT2D eigenvalue weighted by Gasteiger charge is -2.12. The molecule has 3 aromatic rings. The monoisotopic (exact) mass is 317 g/mol. The van der Waals surface area contributed by atoms with E-state index in [0.29, 0.717) is 11.1 Å². The summed E-state index contributed by atoms with van der Waals surface area (Å²) in [6.07, 6.45) is 1.70. The molecule has 0 fully saturated rings. The van der Waals surface area contributed by atoms with Crippen molar-refractivity contribution >= 4 is 16.9 Å². The van der Waals surface area contributed by atoms with E-state index in [-0.39, 0.29) is 17.1 Å². The number of hydrogen-bond acceptors (Lipinski definition) is 3. The SMILES string of the molecule is COC(=O)c1cc(Oc2c(F)cc3[nH]ccc3c2C)ccc1F. The zero-order valence-electron chi connectivity index (χ0n) is 12.4. The molecule has 6 heteroatoms. The highest BCUT2D eigenvalue weighted by Crippen LogP contribution is 2.34. The fourth-order valence-electron chi connectivity index (χ4n) is 2.40. The van der Waals surface area contributed by atoms with Crippen LogP contribution in [0.15, 0.2) is 36.5 Å². The normalized spacial score (nSPS) is 10.8. The molecule has 0 saturated heterocycles. The highest BCUT2D eigenvalue weighted by atomic mass is 19.1. The maximum atomic E-state index is 14.2. The molecule has 0 aliphatic heterocycles. The Hall–Kier alpha value is -2.89. The van der Waals surface area contributed by atoms with Crippen LogP contribution in [0.5, 0.6) is 11.5 Å². The zero-order valence-corrected chi connectivity index (χ0v) is 12.4. The number of ether oxygens (including phenoxy) is 2. The first-order valence-corrected chi connectivity index (χ1v) is 6.83. The number of halogens is 2. The van der Waals surface area contributed by atoms with Crippen molar-refractivity contribution in [2.75, 3.05) is 7.11 Å². The van der Waals surface area contributed by atoms with Gasteiger partial charge in [0, 0.05) is 28.7 Å². The molecule has 0 aliphatic rings. The van der Waals surface area contributed by atoms with Crippen molar-refractivity contribution in [3.8, 4) is 11.5 Å². The summed E-state index contributed by atoms with van der Waals surface area (Å²) in [6, 6.07) is 6.71. The van der Waals surface area contributed by atoms with Gasteiger partial charge in [-0.3, -0.25) is 0 Å². The standard InChI is InChI=1S/C17H13F2NO3/c1-9-11-5-6-20-15(11)8-14(19)16(9)23-10-3-4-13(18)12(7-10)17(21)22-2/h3-8,20H,1-2H3. The molecular weight excluding hydrogens is 304 g/mol. The Balaban J connectivity index is 2.04. The first-order valence-electron chi connectivity index (χ1n) is 6.83. The molecule has 0 saturated carbocycles. The van der Waals surface area contributed by atoms with Crippen LogP contribution in [0, 0.1) is 18.6 Å². The Kier molecular flexibility index (Phi) is 3.73. The van der Waals surface area contributed by atoms with E-state index in [1.165, 1.54) is 18.2 Å². The van der Waals surface area contributed by atoms with Crippen LogP contribution in [0.25, 0.3) is 10.9 Å². The molecule has 2 aromatic carbocycles. The van der Waals surface area contributed by atoms with Crippen molar-refractivity contribution in [3.05, 3.63) is 59.3 Å². The lowest BCUT2D eigenvalue weighted by molar-refractivity contribution is 0.0595. The van der Waals surface area contributed by atoms with Crippen molar-refractivity contribution in [3.63, 3.8) is 0 Å². The lowest BCUT2D eigenvalue weighted by Crippen LogP contribution is -2.04. The first-order chi connectivity index (χ1) is 11.0. The van der Waals surface area contributed by atoms with Crippen LogP contribution >= 0.6 is 0 Å². The van der Waals surface area contributed by atoms with E-state index in [1.807, 2.05) is 6.07 Å². The number of hydrogen-bond donors (Lipinski definition) is 1. The number of nitrogens with one attached hydrogen (secondary N) is 1. The molecule has 0 atom stereocenters. The molecule has 118 valence electrons. The number of benzene rings is 2. The lowest BCUT2D eigenvalue weighted by atomic mass is 10.1. The minimum atomic E-state index is -0.828. The quantitative estimate of drug-likeness (QED) is 0.731. The topological polar surface area (TPSA) is 51.3 Å². The summed E-state index contributed by atoms with van der Waals surface area (Å²) in [5, 5.41) is 0.816. The molecule has 1 aromatic heterocycles. The van der Waals surface area contributed by atoms with E-state index in [2.05, 4.69) is 9.72 Å². The smallest absolute Gasteiger partial charge is 0.340 e. The van der Waals surface area contributed by atoms with Crippen molar-refractivity contribution < 1.29 is 23.0 Å². The van der Waals surface area contributed by atoms with Crippen LogP contribution in [-0.2, 0) is 4.74 Å². The molecule has 3 rings (SSSR count). The molecule has 1 heterocycles. The third-order valence-electron chi connectivity index (χ3n) is 3.57. The zero-order chi connectivity index (χ0) is 16.6. The van der Waals surface area contributed by atoms with Gasteiger partial charge in [-0.15, -0.1) is 0 Å². The molecule has 0 radical (unpaired) electrons. The van der Waals surface area contributed by atoms with E-state index in [1.54, 1.807) is 13.1 Å². The van der Waals surface area contributed by atoms with Gasteiger partial charge in [0.25, 0.3) is 0 Å². The second-order valence-electron chi connectivity index (χ2n) is 4.99. The van der Waals surface area contributed by atoms with Gasteiger partial charge in [0.1, 0.15) is 11.6 Å². The van der Waals surface area contributed by atoms with Crippen LogP contribution in [0.3, 0.4) is 0 Å². The van der Waals surface area contributed by atoms with Crippen molar-refractivity contribution in [2.45, 2.75) is 6.92 Å². The third kappa shape index (κ3) is 2.63. The number of carbonyl (C=O) groups excluding carboxylic acids is 1. The van der Waals surface area contributed by atoms with E-state index < -0.39 is 17.6 Å². The van der Waals surface area contributed by atoms with Crippen LogP contribution in [0.1, 0.15) is 15.9 Å². The highest BCUT2D eigenvalue weighted by Gasteiger charge is 2.17. The molecule has 0 bridgehead atoms. The van der Waals surface area contributed by atoms with Crippen LogP contribution in [0.4, 0.5) is 8.78 Å². The predicted octanol–water partition coefficient (Wildman–Crippen LogP) is 4.33. The number of rotatable bonds is 3. The second-order valence-corrected chi connectivity index (χ2v) is 4.99. The average Bonchev–Trinajstić information content (AvgIpc) is 3.00. The molecular formula is C17H13F2NO3. The predicted molar refractivity (Wildman–Crippen MR) is 80.8 cm³/mol. The number of aromatic nitrogens is 1.